The first-order chi connectivity index (χ1) is 8.38. The topological polar surface area (TPSA) is 29.5 Å². The number of hydrogen-bond donors (Lipinski definition) is 1. The van der Waals surface area contributed by atoms with Gasteiger partial charge < -0.3 is 9.53 Å². The van der Waals surface area contributed by atoms with Crippen LogP contribution >= 0.6 is 0 Å². The van der Waals surface area contributed by atoms with Gasteiger partial charge in [-0.25, -0.2) is 0 Å². The molecule has 0 fully saturated rings. The Hall–Kier alpha value is 0.137. The number of hydrogen-bond acceptors (Lipinski definition) is 2. The monoisotopic (exact) mass is 288 g/mol. The minimum atomic E-state index is -1.63. The average molecular weight is 289 g/mol. The Morgan fingerprint density at radius 2 is 1.53 bits per heavy atom. The summed E-state index contributed by atoms with van der Waals surface area (Å²) in [5.74, 6) is 1.19. The first-order valence-corrected chi connectivity index (χ1v) is 10.6. The fourth-order valence-corrected chi connectivity index (χ4v) is 3.20. The van der Waals surface area contributed by atoms with Crippen LogP contribution in [0.5, 0.6) is 0 Å². The van der Waals surface area contributed by atoms with Crippen LogP contribution in [0.2, 0.25) is 18.1 Å². The lowest BCUT2D eigenvalue weighted by Gasteiger charge is -2.37. The van der Waals surface area contributed by atoms with Gasteiger partial charge >= 0.3 is 0 Å². The third kappa shape index (κ3) is 6.41. The Labute approximate surface area is 122 Å². The zero-order valence-electron chi connectivity index (χ0n) is 14.6. The van der Waals surface area contributed by atoms with E-state index in [9.17, 15) is 5.11 Å². The maximum atomic E-state index is 10.1. The maximum absolute atomic E-state index is 10.1. The molecule has 0 aromatic rings. The van der Waals surface area contributed by atoms with Crippen LogP contribution in [0.1, 0.15) is 54.9 Å². The molecule has 0 heterocycles. The second-order valence-electron chi connectivity index (χ2n) is 8.12. The molecular formula is C16H36O2Si. The molecule has 3 atom stereocenters. The summed E-state index contributed by atoms with van der Waals surface area (Å²) < 4.78 is 6.25. The smallest absolute Gasteiger partial charge is 0.191 e. The molecule has 2 nitrogen and oxygen atoms in total. The number of rotatable bonds is 7. The molecule has 0 aliphatic rings. The highest BCUT2D eigenvalue weighted by atomic mass is 28.4. The lowest BCUT2D eigenvalue weighted by molar-refractivity contribution is 0.0568. The SMILES string of the molecule is CC(C)[C@H](O)[C@@H](C)C[C@@H](C)CO[Si](C)(C)C(C)(C)C. The van der Waals surface area contributed by atoms with Crippen molar-refractivity contribution < 1.29 is 9.53 Å². The highest BCUT2D eigenvalue weighted by Gasteiger charge is 2.37. The zero-order valence-corrected chi connectivity index (χ0v) is 15.6. The van der Waals surface area contributed by atoms with Gasteiger partial charge in [0.15, 0.2) is 8.32 Å². The fraction of sp³-hybridized carbons (Fsp3) is 1.00. The Morgan fingerprint density at radius 1 is 1.05 bits per heavy atom. The van der Waals surface area contributed by atoms with E-state index >= 15 is 0 Å². The van der Waals surface area contributed by atoms with Crippen molar-refractivity contribution in [3.63, 3.8) is 0 Å². The van der Waals surface area contributed by atoms with Gasteiger partial charge in [0.05, 0.1) is 6.10 Å². The molecular weight excluding hydrogens is 252 g/mol. The molecule has 0 amide bonds. The van der Waals surface area contributed by atoms with Crippen LogP contribution in [0, 0.1) is 17.8 Å². The van der Waals surface area contributed by atoms with Gasteiger partial charge in [0.25, 0.3) is 0 Å². The molecule has 0 bridgehead atoms. The second-order valence-corrected chi connectivity index (χ2v) is 12.9. The molecule has 3 heteroatoms. The summed E-state index contributed by atoms with van der Waals surface area (Å²) in [6.07, 6.45) is 0.837. The van der Waals surface area contributed by atoms with E-state index in [0.29, 0.717) is 17.8 Å². The Balaban J connectivity index is 4.23. The molecule has 0 aliphatic heterocycles. The van der Waals surface area contributed by atoms with Crippen LogP contribution in [0.3, 0.4) is 0 Å². The van der Waals surface area contributed by atoms with Crippen LogP contribution in [-0.4, -0.2) is 26.1 Å². The second kappa shape index (κ2) is 7.23. The summed E-state index contributed by atoms with van der Waals surface area (Å²) in [6, 6.07) is 0. The van der Waals surface area contributed by atoms with E-state index in [4.69, 9.17) is 4.43 Å². The Bertz CT molecular complexity index is 256. The number of aliphatic hydroxyl groups is 1. The first kappa shape index (κ1) is 19.1. The van der Waals surface area contributed by atoms with Gasteiger partial charge in [-0.15, -0.1) is 0 Å². The van der Waals surface area contributed by atoms with Gasteiger partial charge in [0.1, 0.15) is 0 Å². The van der Waals surface area contributed by atoms with Crippen molar-refractivity contribution in [1.29, 1.82) is 0 Å². The molecule has 0 rings (SSSR count). The Morgan fingerprint density at radius 3 is 1.89 bits per heavy atom. The van der Waals surface area contributed by atoms with Crippen LogP contribution in [-0.2, 0) is 4.43 Å². The predicted octanol–water partition coefficient (Wildman–Crippen LogP) is 4.69. The number of aliphatic hydroxyl groups excluding tert-OH is 1. The van der Waals surface area contributed by atoms with Crippen molar-refractivity contribution in [1.82, 2.24) is 0 Å². The average Bonchev–Trinajstić information content (AvgIpc) is 2.23. The zero-order chi connectivity index (χ0) is 15.4. The molecule has 0 aromatic heterocycles. The van der Waals surface area contributed by atoms with Crippen LogP contribution in [0.15, 0.2) is 0 Å². The van der Waals surface area contributed by atoms with Gasteiger partial charge in [-0.3, -0.25) is 0 Å². The van der Waals surface area contributed by atoms with Gasteiger partial charge in [-0.05, 0) is 42.3 Å². The summed E-state index contributed by atoms with van der Waals surface area (Å²) in [4.78, 5) is 0. The molecule has 0 aliphatic carbocycles. The fourth-order valence-electron chi connectivity index (χ4n) is 2.07. The van der Waals surface area contributed by atoms with Gasteiger partial charge in [0.2, 0.25) is 0 Å². The molecule has 116 valence electrons. The van der Waals surface area contributed by atoms with E-state index in [1.807, 2.05) is 0 Å². The van der Waals surface area contributed by atoms with Crippen molar-refractivity contribution in [2.24, 2.45) is 17.8 Å². The third-order valence-corrected chi connectivity index (χ3v) is 9.08. The largest absolute Gasteiger partial charge is 0.417 e. The van der Waals surface area contributed by atoms with Crippen molar-refractivity contribution >= 4 is 8.32 Å². The normalized spacial score (nSPS) is 18.5. The summed E-state index contributed by atoms with van der Waals surface area (Å²) >= 11 is 0. The van der Waals surface area contributed by atoms with Crippen molar-refractivity contribution in [2.45, 2.75) is 79.1 Å². The maximum Gasteiger partial charge on any atom is 0.191 e. The van der Waals surface area contributed by atoms with Crippen LogP contribution in [0.4, 0.5) is 0 Å². The van der Waals surface area contributed by atoms with E-state index in [0.717, 1.165) is 13.0 Å². The van der Waals surface area contributed by atoms with E-state index in [2.05, 4.69) is 61.6 Å². The summed E-state index contributed by atoms with van der Waals surface area (Å²) in [5, 5.41) is 10.3. The van der Waals surface area contributed by atoms with Gasteiger partial charge in [0, 0.05) is 6.61 Å². The molecule has 1 N–H and O–H groups in total. The van der Waals surface area contributed by atoms with E-state index in [1.54, 1.807) is 0 Å². The third-order valence-electron chi connectivity index (χ3n) is 4.58. The Kier molecular flexibility index (Phi) is 7.28. The van der Waals surface area contributed by atoms with E-state index in [1.165, 1.54) is 0 Å². The standard InChI is InChI=1S/C16H36O2Si/c1-12(2)15(17)14(4)10-13(3)11-18-19(8,9)16(5,6)7/h12-15,17H,10-11H2,1-9H3/t13-,14+,15+/m1/s1. The van der Waals surface area contributed by atoms with Crippen molar-refractivity contribution in [3.05, 3.63) is 0 Å². The molecule has 0 aromatic carbocycles. The molecule has 0 saturated carbocycles. The summed E-state index contributed by atoms with van der Waals surface area (Å²) in [7, 11) is -1.63. The molecule has 0 saturated heterocycles. The minimum absolute atomic E-state index is 0.199. The quantitative estimate of drug-likeness (QED) is 0.689. The molecule has 0 radical (unpaired) electrons. The molecule has 19 heavy (non-hydrogen) atoms. The summed E-state index contributed by atoms with van der Waals surface area (Å²) in [6.45, 7) is 20.8. The molecule has 0 unspecified atom stereocenters. The van der Waals surface area contributed by atoms with Gasteiger partial charge in [-0.1, -0.05) is 48.5 Å². The van der Waals surface area contributed by atoms with Crippen molar-refractivity contribution in [3.8, 4) is 0 Å². The lowest BCUT2D eigenvalue weighted by atomic mass is 9.88. The van der Waals surface area contributed by atoms with E-state index in [-0.39, 0.29) is 11.1 Å². The molecule has 0 spiro atoms. The van der Waals surface area contributed by atoms with E-state index < -0.39 is 8.32 Å². The minimum Gasteiger partial charge on any atom is -0.417 e. The van der Waals surface area contributed by atoms with Crippen LogP contribution < -0.4 is 0 Å². The van der Waals surface area contributed by atoms with Crippen LogP contribution in [0.25, 0.3) is 0 Å². The highest BCUT2D eigenvalue weighted by molar-refractivity contribution is 6.74. The van der Waals surface area contributed by atoms with Crippen molar-refractivity contribution in [2.75, 3.05) is 6.61 Å². The van der Waals surface area contributed by atoms with Gasteiger partial charge in [-0.2, -0.15) is 0 Å². The predicted molar refractivity (Wildman–Crippen MR) is 86.9 cm³/mol. The first-order valence-electron chi connectivity index (χ1n) is 7.70. The summed E-state index contributed by atoms with van der Waals surface area (Å²) in [5.41, 5.74) is 0. The lowest BCUT2D eigenvalue weighted by Crippen LogP contribution is -2.42. The highest BCUT2D eigenvalue weighted by Crippen LogP contribution is 2.37.